The number of hydrogen-bond acceptors (Lipinski definition) is 3. The Morgan fingerprint density at radius 3 is 2.25 bits per heavy atom. The molecule has 142 valence electrons. The minimum Gasteiger partial charge on any atom is -0.376 e. The predicted molar refractivity (Wildman–Crippen MR) is 104 cm³/mol. The molecule has 2 fully saturated rings. The van der Waals surface area contributed by atoms with Crippen molar-refractivity contribution in [1.29, 1.82) is 0 Å². The Morgan fingerprint density at radius 2 is 1.67 bits per heavy atom. The van der Waals surface area contributed by atoms with Crippen molar-refractivity contribution in [1.82, 2.24) is 9.80 Å². The van der Waals surface area contributed by atoms with Gasteiger partial charge in [-0.2, -0.15) is 0 Å². The van der Waals surface area contributed by atoms with E-state index in [2.05, 4.69) is 44.4 Å². The van der Waals surface area contributed by atoms with Crippen LogP contribution in [0, 0.1) is 5.92 Å². The molecular weight excluding hydrogens is 296 g/mol. The molecule has 1 aliphatic heterocycles. The molecule has 3 nitrogen and oxygen atoms in total. The Balaban J connectivity index is 1.54. The van der Waals surface area contributed by atoms with Crippen LogP contribution in [0.5, 0.6) is 0 Å². The van der Waals surface area contributed by atoms with Gasteiger partial charge in [-0.1, -0.05) is 12.8 Å². The van der Waals surface area contributed by atoms with E-state index in [1.165, 1.54) is 71.1 Å². The summed E-state index contributed by atoms with van der Waals surface area (Å²) in [5, 5.41) is 0. The smallest absolute Gasteiger partial charge is 0.0578 e. The summed E-state index contributed by atoms with van der Waals surface area (Å²) >= 11 is 0. The minimum absolute atomic E-state index is 0.393. The van der Waals surface area contributed by atoms with Gasteiger partial charge in [0.15, 0.2) is 0 Å². The number of piperazine rings is 1. The second-order valence-corrected chi connectivity index (χ2v) is 8.80. The zero-order valence-electron chi connectivity index (χ0n) is 17.0. The molecule has 0 aromatic carbocycles. The molecule has 0 unspecified atom stereocenters. The van der Waals surface area contributed by atoms with Gasteiger partial charge in [-0.05, 0) is 79.2 Å². The van der Waals surface area contributed by atoms with Gasteiger partial charge in [0.25, 0.3) is 0 Å². The van der Waals surface area contributed by atoms with Crippen LogP contribution in [0.25, 0.3) is 0 Å². The molecule has 3 heteroatoms. The lowest BCUT2D eigenvalue weighted by Crippen LogP contribution is -2.53. The molecule has 0 N–H and O–H groups in total. The third kappa shape index (κ3) is 6.65. The minimum atomic E-state index is 0.393. The Bertz CT molecular complexity index is 337. The second kappa shape index (κ2) is 10.1. The Morgan fingerprint density at radius 1 is 0.958 bits per heavy atom. The summed E-state index contributed by atoms with van der Waals surface area (Å²) in [5.41, 5.74) is 0. The van der Waals surface area contributed by atoms with Gasteiger partial charge in [0, 0.05) is 31.7 Å². The van der Waals surface area contributed by atoms with Crippen molar-refractivity contribution in [3.63, 3.8) is 0 Å². The topological polar surface area (TPSA) is 15.7 Å². The van der Waals surface area contributed by atoms with Crippen LogP contribution >= 0.6 is 0 Å². The van der Waals surface area contributed by atoms with Crippen LogP contribution in [-0.4, -0.2) is 60.3 Å². The summed E-state index contributed by atoms with van der Waals surface area (Å²) < 4.78 is 5.97. The van der Waals surface area contributed by atoms with Crippen molar-refractivity contribution < 1.29 is 4.74 Å². The summed E-state index contributed by atoms with van der Waals surface area (Å²) in [6.07, 6.45) is 10.5. The predicted octanol–water partition coefficient (Wildman–Crippen LogP) is 4.56. The maximum absolute atomic E-state index is 5.97. The van der Waals surface area contributed by atoms with Gasteiger partial charge >= 0.3 is 0 Å². The average molecular weight is 339 g/mol. The maximum atomic E-state index is 5.97. The first-order valence-corrected chi connectivity index (χ1v) is 10.6. The van der Waals surface area contributed by atoms with E-state index in [0.29, 0.717) is 18.2 Å². The highest BCUT2D eigenvalue weighted by molar-refractivity contribution is 4.81. The number of unbranched alkanes of at least 4 members (excludes halogenated alkanes) is 1. The first-order chi connectivity index (χ1) is 11.5. The van der Waals surface area contributed by atoms with Gasteiger partial charge in [-0.25, -0.2) is 0 Å². The fourth-order valence-electron chi connectivity index (χ4n) is 4.51. The molecule has 1 saturated carbocycles. The molecule has 0 amide bonds. The van der Waals surface area contributed by atoms with E-state index in [0.717, 1.165) is 12.0 Å². The zero-order valence-corrected chi connectivity index (χ0v) is 17.0. The summed E-state index contributed by atoms with van der Waals surface area (Å²) in [5.74, 6) is 0.965. The standard InChI is InChI=1S/C21H42N2O/c1-17(2)23-15-14-22(19(5)16-23)13-7-6-8-20-9-11-21(12-10-20)24-18(3)4/h17-21H,6-16H2,1-5H3/t19-,20?,21?/m1/s1. The normalized spacial score (nSPS) is 30.4. The van der Waals surface area contributed by atoms with Crippen molar-refractivity contribution in [2.75, 3.05) is 26.2 Å². The van der Waals surface area contributed by atoms with E-state index in [-0.39, 0.29) is 0 Å². The highest BCUT2D eigenvalue weighted by atomic mass is 16.5. The Kier molecular flexibility index (Phi) is 8.53. The molecule has 0 spiro atoms. The van der Waals surface area contributed by atoms with E-state index in [9.17, 15) is 0 Å². The molecular formula is C21H42N2O. The van der Waals surface area contributed by atoms with Gasteiger partial charge in [0.1, 0.15) is 0 Å². The molecule has 24 heavy (non-hydrogen) atoms. The van der Waals surface area contributed by atoms with Crippen LogP contribution in [0.1, 0.15) is 79.6 Å². The maximum Gasteiger partial charge on any atom is 0.0578 e. The Hall–Kier alpha value is -0.120. The van der Waals surface area contributed by atoms with E-state index in [1.807, 2.05) is 0 Å². The largest absolute Gasteiger partial charge is 0.376 e. The molecule has 2 aliphatic rings. The number of ether oxygens (including phenoxy) is 1. The van der Waals surface area contributed by atoms with Crippen molar-refractivity contribution in [2.45, 2.75) is 104 Å². The van der Waals surface area contributed by atoms with Crippen LogP contribution in [0.3, 0.4) is 0 Å². The SMILES string of the molecule is CC(C)OC1CCC(CCCCN2CCN(C(C)C)C[C@H]2C)CC1. The van der Waals surface area contributed by atoms with Crippen molar-refractivity contribution in [3.8, 4) is 0 Å². The first-order valence-electron chi connectivity index (χ1n) is 10.6. The number of rotatable bonds is 8. The van der Waals surface area contributed by atoms with Gasteiger partial charge in [-0.15, -0.1) is 0 Å². The molecule has 1 aliphatic carbocycles. The lowest BCUT2D eigenvalue weighted by Gasteiger charge is -2.41. The highest BCUT2D eigenvalue weighted by Gasteiger charge is 2.25. The van der Waals surface area contributed by atoms with Crippen LogP contribution < -0.4 is 0 Å². The van der Waals surface area contributed by atoms with E-state index in [1.54, 1.807) is 0 Å². The van der Waals surface area contributed by atoms with Crippen LogP contribution in [0.15, 0.2) is 0 Å². The van der Waals surface area contributed by atoms with E-state index >= 15 is 0 Å². The Labute approximate surface area is 151 Å². The van der Waals surface area contributed by atoms with Crippen LogP contribution in [0.2, 0.25) is 0 Å². The lowest BCUT2D eigenvalue weighted by atomic mass is 9.84. The quantitative estimate of drug-likeness (QED) is 0.604. The zero-order chi connectivity index (χ0) is 17.5. The van der Waals surface area contributed by atoms with Gasteiger partial charge < -0.3 is 4.74 Å². The fourth-order valence-corrected chi connectivity index (χ4v) is 4.51. The first kappa shape index (κ1) is 20.2. The van der Waals surface area contributed by atoms with Crippen LogP contribution in [0.4, 0.5) is 0 Å². The molecule has 1 heterocycles. The van der Waals surface area contributed by atoms with Crippen molar-refractivity contribution in [3.05, 3.63) is 0 Å². The molecule has 0 aromatic rings. The highest BCUT2D eigenvalue weighted by Crippen LogP contribution is 2.30. The summed E-state index contributed by atoms with van der Waals surface area (Å²) in [6.45, 7) is 16.4. The van der Waals surface area contributed by atoms with Gasteiger partial charge in [-0.3, -0.25) is 9.80 Å². The van der Waals surface area contributed by atoms with Crippen molar-refractivity contribution in [2.24, 2.45) is 5.92 Å². The third-order valence-corrected chi connectivity index (χ3v) is 6.09. The monoisotopic (exact) mass is 338 g/mol. The molecule has 0 radical (unpaired) electrons. The van der Waals surface area contributed by atoms with Gasteiger partial charge in [0.05, 0.1) is 12.2 Å². The summed E-state index contributed by atoms with van der Waals surface area (Å²) in [6, 6.07) is 1.43. The van der Waals surface area contributed by atoms with Crippen LogP contribution in [-0.2, 0) is 4.74 Å². The van der Waals surface area contributed by atoms with E-state index in [4.69, 9.17) is 4.74 Å². The molecule has 1 saturated heterocycles. The molecule has 0 aromatic heterocycles. The molecule has 2 rings (SSSR count). The second-order valence-electron chi connectivity index (χ2n) is 8.80. The lowest BCUT2D eigenvalue weighted by molar-refractivity contribution is -0.0204. The molecule has 1 atom stereocenters. The van der Waals surface area contributed by atoms with Crippen molar-refractivity contribution >= 4 is 0 Å². The van der Waals surface area contributed by atoms with E-state index < -0.39 is 0 Å². The number of nitrogens with zero attached hydrogens (tertiary/aromatic N) is 2. The van der Waals surface area contributed by atoms with Gasteiger partial charge in [0.2, 0.25) is 0 Å². The summed E-state index contributed by atoms with van der Waals surface area (Å²) in [4.78, 5) is 5.34. The summed E-state index contributed by atoms with van der Waals surface area (Å²) in [7, 11) is 0. The fraction of sp³-hybridized carbons (Fsp3) is 1.00. The third-order valence-electron chi connectivity index (χ3n) is 6.09. The average Bonchev–Trinajstić information content (AvgIpc) is 2.53. The molecule has 0 bridgehead atoms. The number of hydrogen-bond donors (Lipinski definition) is 0.